The minimum absolute atomic E-state index is 0.520. The number of nitrogen functional groups attached to an aromatic ring is 1. The molecule has 3 heterocycles. The van der Waals surface area contributed by atoms with Crippen molar-refractivity contribution in [3.63, 3.8) is 0 Å². The van der Waals surface area contributed by atoms with Gasteiger partial charge in [-0.2, -0.15) is 4.37 Å². The maximum absolute atomic E-state index is 5.97. The van der Waals surface area contributed by atoms with E-state index < -0.39 is 0 Å². The lowest BCUT2D eigenvalue weighted by atomic mass is 10.2. The van der Waals surface area contributed by atoms with Gasteiger partial charge in [0.1, 0.15) is 23.0 Å². The van der Waals surface area contributed by atoms with Gasteiger partial charge in [-0.3, -0.25) is 0 Å². The van der Waals surface area contributed by atoms with Crippen LogP contribution in [0.4, 0.5) is 10.8 Å². The number of aromatic nitrogens is 5. The Balaban J connectivity index is 1.73. The van der Waals surface area contributed by atoms with Crippen molar-refractivity contribution in [1.82, 2.24) is 24.1 Å². The topological polar surface area (TPSA) is 94.5 Å². The Morgan fingerprint density at radius 1 is 1.43 bits per heavy atom. The van der Waals surface area contributed by atoms with Gasteiger partial charge >= 0.3 is 0 Å². The molecule has 3 rings (SSSR count). The molecule has 0 saturated heterocycles. The minimum atomic E-state index is 0.520. The third-order valence-corrected chi connectivity index (χ3v) is 4.63. The van der Waals surface area contributed by atoms with Gasteiger partial charge in [0.25, 0.3) is 0 Å². The molecule has 9 heteroatoms. The van der Waals surface area contributed by atoms with Crippen LogP contribution in [-0.2, 0) is 13.5 Å². The Kier molecular flexibility index (Phi) is 3.84. The van der Waals surface area contributed by atoms with E-state index in [2.05, 4.69) is 24.9 Å². The molecule has 0 aromatic carbocycles. The summed E-state index contributed by atoms with van der Waals surface area (Å²) in [6.07, 6.45) is 2.48. The van der Waals surface area contributed by atoms with E-state index >= 15 is 0 Å². The van der Waals surface area contributed by atoms with Crippen LogP contribution in [0, 0.1) is 6.92 Å². The van der Waals surface area contributed by atoms with Crippen molar-refractivity contribution in [3.05, 3.63) is 22.5 Å². The molecule has 3 aromatic heterocycles. The zero-order chi connectivity index (χ0) is 14.8. The van der Waals surface area contributed by atoms with Crippen molar-refractivity contribution in [1.29, 1.82) is 0 Å². The first kappa shape index (κ1) is 14.0. The van der Waals surface area contributed by atoms with E-state index in [9.17, 15) is 0 Å². The highest BCUT2D eigenvalue weighted by molar-refractivity contribution is 7.11. The number of nitrogens with zero attached hydrogens (tertiary/aromatic N) is 5. The van der Waals surface area contributed by atoms with Crippen LogP contribution in [0.5, 0.6) is 0 Å². The maximum atomic E-state index is 5.97. The molecule has 0 unspecified atom stereocenters. The van der Waals surface area contributed by atoms with E-state index in [-0.39, 0.29) is 0 Å². The van der Waals surface area contributed by atoms with Gasteiger partial charge in [-0.1, -0.05) is 0 Å². The molecule has 0 spiro atoms. The summed E-state index contributed by atoms with van der Waals surface area (Å²) in [5, 5.41) is 15.3. The van der Waals surface area contributed by atoms with Crippen molar-refractivity contribution >= 4 is 33.7 Å². The van der Waals surface area contributed by atoms with Gasteiger partial charge in [0.15, 0.2) is 0 Å². The largest absolute Gasteiger partial charge is 0.382 e. The van der Waals surface area contributed by atoms with E-state index in [1.807, 2.05) is 23.9 Å². The molecule has 0 aliphatic rings. The van der Waals surface area contributed by atoms with Crippen LogP contribution in [0.2, 0.25) is 0 Å². The molecule has 3 aromatic rings. The number of anilines is 2. The normalized spacial score (nSPS) is 11.0. The second-order valence-corrected chi connectivity index (χ2v) is 6.39. The molecule has 0 radical (unpaired) electrons. The SMILES string of the molecule is Cc1nc(-c2c(N)nsc2NCCc2nncn2C)cs1. The Morgan fingerprint density at radius 3 is 2.95 bits per heavy atom. The lowest BCUT2D eigenvalue weighted by Crippen LogP contribution is -2.08. The van der Waals surface area contributed by atoms with E-state index in [0.717, 1.165) is 40.1 Å². The lowest BCUT2D eigenvalue weighted by Gasteiger charge is -2.05. The molecule has 0 amide bonds. The van der Waals surface area contributed by atoms with Gasteiger partial charge in [0, 0.05) is 25.4 Å². The van der Waals surface area contributed by atoms with Crippen molar-refractivity contribution in [2.24, 2.45) is 7.05 Å². The number of aryl methyl sites for hydroxylation is 2. The molecule has 0 fully saturated rings. The first-order chi connectivity index (χ1) is 10.1. The summed E-state index contributed by atoms with van der Waals surface area (Å²) in [5.41, 5.74) is 7.74. The highest BCUT2D eigenvalue weighted by atomic mass is 32.1. The maximum Gasteiger partial charge on any atom is 0.148 e. The minimum Gasteiger partial charge on any atom is -0.382 e. The fourth-order valence-corrected chi connectivity index (χ4v) is 3.32. The number of rotatable bonds is 5. The van der Waals surface area contributed by atoms with Gasteiger partial charge in [-0.15, -0.1) is 21.5 Å². The van der Waals surface area contributed by atoms with E-state index in [4.69, 9.17) is 5.73 Å². The van der Waals surface area contributed by atoms with Crippen LogP contribution in [0.3, 0.4) is 0 Å². The third-order valence-electron chi connectivity index (χ3n) is 3.03. The summed E-state index contributed by atoms with van der Waals surface area (Å²) in [5.74, 6) is 1.46. The predicted octanol–water partition coefficient (Wildman–Crippen LogP) is 1.94. The molecule has 0 saturated carbocycles. The highest BCUT2D eigenvalue weighted by Crippen LogP contribution is 2.36. The molecular formula is C12H15N7S2. The second kappa shape index (κ2) is 5.78. The van der Waals surface area contributed by atoms with E-state index in [1.165, 1.54) is 11.5 Å². The highest BCUT2D eigenvalue weighted by Gasteiger charge is 2.16. The average Bonchev–Trinajstić information content (AvgIpc) is 3.13. The summed E-state index contributed by atoms with van der Waals surface area (Å²) in [6.45, 7) is 2.72. The van der Waals surface area contributed by atoms with Crippen LogP contribution in [-0.4, -0.2) is 30.7 Å². The standard InChI is InChI=1S/C12H15N7S2/c1-7-16-8(5-20-7)10-11(13)18-21-12(10)14-4-3-9-17-15-6-19(9)2/h5-6,14H,3-4H2,1-2H3,(H2,13,18). The molecule has 0 bridgehead atoms. The Labute approximate surface area is 130 Å². The Bertz CT molecular complexity index is 742. The first-order valence-electron chi connectivity index (χ1n) is 6.39. The van der Waals surface area contributed by atoms with Crippen molar-refractivity contribution < 1.29 is 0 Å². The zero-order valence-electron chi connectivity index (χ0n) is 11.7. The van der Waals surface area contributed by atoms with Gasteiger partial charge in [-0.25, -0.2) is 4.98 Å². The Morgan fingerprint density at radius 2 is 2.29 bits per heavy atom. The average molecular weight is 321 g/mol. The monoisotopic (exact) mass is 321 g/mol. The molecule has 0 aliphatic heterocycles. The summed E-state index contributed by atoms with van der Waals surface area (Å²) in [7, 11) is 1.93. The molecule has 0 aliphatic carbocycles. The van der Waals surface area contributed by atoms with Crippen LogP contribution >= 0.6 is 22.9 Å². The van der Waals surface area contributed by atoms with Crippen molar-refractivity contribution in [3.8, 4) is 11.3 Å². The van der Waals surface area contributed by atoms with Gasteiger partial charge in [0.2, 0.25) is 0 Å². The quantitative estimate of drug-likeness (QED) is 0.746. The van der Waals surface area contributed by atoms with Crippen LogP contribution in [0.25, 0.3) is 11.3 Å². The summed E-state index contributed by atoms with van der Waals surface area (Å²) in [6, 6.07) is 0. The second-order valence-electron chi connectivity index (χ2n) is 4.56. The number of hydrogen-bond donors (Lipinski definition) is 2. The number of nitrogens with two attached hydrogens (primary N) is 1. The zero-order valence-corrected chi connectivity index (χ0v) is 13.3. The molecule has 7 nitrogen and oxygen atoms in total. The number of hydrogen-bond acceptors (Lipinski definition) is 8. The predicted molar refractivity (Wildman–Crippen MR) is 85.6 cm³/mol. The Hall–Kier alpha value is -2.00. The summed E-state index contributed by atoms with van der Waals surface area (Å²) < 4.78 is 6.13. The molecule has 0 atom stereocenters. The molecule has 21 heavy (non-hydrogen) atoms. The van der Waals surface area contributed by atoms with Crippen LogP contribution in [0.15, 0.2) is 11.7 Å². The lowest BCUT2D eigenvalue weighted by molar-refractivity contribution is 0.789. The summed E-state index contributed by atoms with van der Waals surface area (Å²) >= 11 is 2.96. The third kappa shape index (κ3) is 2.88. The molecule has 110 valence electrons. The van der Waals surface area contributed by atoms with Gasteiger partial charge < -0.3 is 15.6 Å². The fourth-order valence-electron chi connectivity index (χ4n) is 1.97. The fraction of sp³-hybridized carbons (Fsp3) is 0.333. The number of nitrogens with one attached hydrogen (secondary N) is 1. The summed E-state index contributed by atoms with van der Waals surface area (Å²) in [4.78, 5) is 4.49. The smallest absolute Gasteiger partial charge is 0.148 e. The number of thiazole rings is 1. The van der Waals surface area contributed by atoms with Gasteiger partial charge in [-0.05, 0) is 18.5 Å². The van der Waals surface area contributed by atoms with E-state index in [0.29, 0.717) is 5.82 Å². The van der Waals surface area contributed by atoms with Crippen LogP contribution in [0.1, 0.15) is 10.8 Å². The first-order valence-corrected chi connectivity index (χ1v) is 8.05. The van der Waals surface area contributed by atoms with Crippen molar-refractivity contribution in [2.75, 3.05) is 17.6 Å². The molecular weight excluding hydrogens is 306 g/mol. The van der Waals surface area contributed by atoms with Gasteiger partial charge in [0.05, 0.1) is 16.3 Å². The molecule has 3 N–H and O–H groups in total. The van der Waals surface area contributed by atoms with E-state index in [1.54, 1.807) is 17.7 Å². The van der Waals surface area contributed by atoms with Crippen molar-refractivity contribution in [2.45, 2.75) is 13.3 Å². The van der Waals surface area contributed by atoms with Crippen LogP contribution < -0.4 is 11.1 Å².